The van der Waals surface area contributed by atoms with Crippen molar-refractivity contribution >= 4 is 5.69 Å². The lowest BCUT2D eigenvalue weighted by molar-refractivity contribution is 0.190. The van der Waals surface area contributed by atoms with Gasteiger partial charge in [-0.25, -0.2) is 4.39 Å². The Morgan fingerprint density at radius 1 is 1.24 bits per heavy atom. The summed E-state index contributed by atoms with van der Waals surface area (Å²) in [6.45, 7) is 6.79. The maximum Gasteiger partial charge on any atom is 0.123 e. The number of ether oxygens (including phenoxy) is 1. The van der Waals surface area contributed by atoms with Crippen molar-refractivity contribution < 1.29 is 9.13 Å². The van der Waals surface area contributed by atoms with E-state index in [-0.39, 0.29) is 11.9 Å². The van der Waals surface area contributed by atoms with E-state index in [1.165, 1.54) is 0 Å². The van der Waals surface area contributed by atoms with Crippen LogP contribution in [0.2, 0.25) is 0 Å². The van der Waals surface area contributed by atoms with E-state index in [1.807, 2.05) is 13.8 Å². The minimum atomic E-state index is -0.149. The van der Waals surface area contributed by atoms with Gasteiger partial charge in [-0.2, -0.15) is 0 Å². The minimum absolute atomic E-state index is 0.149. The molecular formula is C14H22FNO. The second kappa shape index (κ2) is 6.60. The van der Waals surface area contributed by atoms with Gasteiger partial charge in [0.25, 0.3) is 0 Å². The number of methoxy groups -OCH3 is 1. The molecule has 0 fully saturated rings. The van der Waals surface area contributed by atoms with Gasteiger partial charge >= 0.3 is 0 Å². The molecule has 1 N–H and O–H groups in total. The number of aryl methyl sites for hydroxylation is 2. The molecule has 1 aromatic carbocycles. The zero-order chi connectivity index (χ0) is 12.8. The molecule has 0 radical (unpaired) electrons. The number of hydrogen-bond acceptors (Lipinski definition) is 2. The van der Waals surface area contributed by atoms with Crippen molar-refractivity contribution in [3.8, 4) is 0 Å². The first kappa shape index (κ1) is 14.0. The van der Waals surface area contributed by atoms with Crippen LogP contribution >= 0.6 is 0 Å². The molecule has 3 heteroatoms. The largest absolute Gasteiger partial charge is 0.383 e. The molecule has 0 aliphatic heterocycles. The standard InChI is InChI=1S/C14H22FNO/c1-5-11-7-13(15)8-12(6-2)14(11)16-10(3)9-17-4/h7-8,10,16H,5-6,9H2,1-4H3. The van der Waals surface area contributed by atoms with Crippen molar-refractivity contribution in [1.29, 1.82) is 0 Å². The highest BCUT2D eigenvalue weighted by molar-refractivity contribution is 5.58. The first-order valence-electron chi connectivity index (χ1n) is 6.19. The molecule has 0 bridgehead atoms. The van der Waals surface area contributed by atoms with Crippen LogP contribution in [0, 0.1) is 5.82 Å². The van der Waals surface area contributed by atoms with Crippen LogP contribution in [-0.2, 0) is 17.6 Å². The lowest BCUT2D eigenvalue weighted by Gasteiger charge is -2.20. The molecule has 2 nitrogen and oxygen atoms in total. The summed E-state index contributed by atoms with van der Waals surface area (Å²) in [5.41, 5.74) is 3.13. The minimum Gasteiger partial charge on any atom is -0.383 e. The average molecular weight is 239 g/mol. The summed E-state index contributed by atoms with van der Waals surface area (Å²) in [5.74, 6) is -0.149. The summed E-state index contributed by atoms with van der Waals surface area (Å²) < 4.78 is 18.5. The van der Waals surface area contributed by atoms with Crippen molar-refractivity contribution in [2.75, 3.05) is 19.0 Å². The molecule has 1 rings (SSSR count). The van der Waals surface area contributed by atoms with Crippen LogP contribution in [-0.4, -0.2) is 19.8 Å². The molecule has 0 heterocycles. The molecule has 96 valence electrons. The lowest BCUT2D eigenvalue weighted by atomic mass is 10.0. The topological polar surface area (TPSA) is 21.3 Å². The third-order valence-electron chi connectivity index (χ3n) is 2.84. The third-order valence-corrected chi connectivity index (χ3v) is 2.84. The fourth-order valence-electron chi connectivity index (χ4n) is 2.01. The van der Waals surface area contributed by atoms with E-state index in [9.17, 15) is 4.39 Å². The predicted molar refractivity (Wildman–Crippen MR) is 70.1 cm³/mol. The zero-order valence-electron chi connectivity index (χ0n) is 11.1. The molecule has 0 spiro atoms. The number of nitrogens with one attached hydrogen (secondary N) is 1. The van der Waals surface area contributed by atoms with Gasteiger partial charge in [0.2, 0.25) is 0 Å². The van der Waals surface area contributed by atoms with Crippen LogP contribution in [0.15, 0.2) is 12.1 Å². The van der Waals surface area contributed by atoms with Crippen LogP contribution in [0.5, 0.6) is 0 Å². The first-order valence-corrected chi connectivity index (χ1v) is 6.19. The second-order valence-electron chi connectivity index (χ2n) is 4.31. The molecule has 1 atom stereocenters. The monoisotopic (exact) mass is 239 g/mol. The van der Waals surface area contributed by atoms with Gasteiger partial charge in [-0.1, -0.05) is 13.8 Å². The predicted octanol–water partition coefficient (Wildman–Crippen LogP) is 3.40. The van der Waals surface area contributed by atoms with Gasteiger partial charge in [0.05, 0.1) is 6.61 Å². The Bertz CT molecular complexity index is 340. The van der Waals surface area contributed by atoms with Crippen molar-refractivity contribution in [3.05, 3.63) is 29.1 Å². The number of hydrogen-bond donors (Lipinski definition) is 1. The summed E-state index contributed by atoms with van der Waals surface area (Å²) in [6, 6.07) is 3.45. The maximum atomic E-state index is 13.4. The Hall–Kier alpha value is -1.09. The number of anilines is 1. The Morgan fingerprint density at radius 3 is 2.18 bits per heavy atom. The van der Waals surface area contributed by atoms with Crippen molar-refractivity contribution in [1.82, 2.24) is 0 Å². The van der Waals surface area contributed by atoms with E-state index in [1.54, 1.807) is 19.2 Å². The normalized spacial score (nSPS) is 12.5. The number of rotatable bonds is 6. The van der Waals surface area contributed by atoms with Gasteiger partial charge in [0, 0.05) is 18.8 Å². The van der Waals surface area contributed by atoms with Gasteiger partial charge in [-0.05, 0) is 43.0 Å². The fourth-order valence-corrected chi connectivity index (χ4v) is 2.01. The summed E-state index contributed by atoms with van der Waals surface area (Å²) in [4.78, 5) is 0. The Balaban J connectivity index is 3.02. The van der Waals surface area contributed by atoms with E-state index in [2.05, 4.69) is 12.2 Å². The van der Waals surface area contributed by atoms with E-state index in [0.717, 1.165) is 29.7 Å². The number of benzene rings is 1. The highest BCUT2D eigenvalue weighted by Crippen LogP contribution is 2.25. The van der Waals surface area contributed by atoms with Crippen molar-refractivity contribution in [2.24, 2.45) is 0 Å². The lowest BCUT2D eigenvalue weighted by Crippen LogP contribution is -2.22. The fraction of sp³-hybridized carbons (Fsp3) is 0.571. The van der Waals surface area contributed by atoms with Crippen LogP contribution < -0.4 is 5.32 Å². The van der Waals surface area contributed by atoms with E-state index < -0.39 is 0 Å². The van der Waals surface area contributed by atoms with Gasteiger partial charge in [-0.3, -0.25) is 0 Å². The Kier molecular flexibility index (Phi) is 5.42. The van der Waals surface area contributed by atoms with Crippen LogP contribution in [0.25, 0.3) is 0 Å². The first-order chi connectivity index (χ1) is 8.12. The molecule has 0 aliphatic rings. The summed E-state index contributed by atoms with van der Waals surface area (Å²) in [5, 5.41) is 3.42. The molecule has 17 heavy (non-hydrogen) atoms. The van der Waals surface area contributed by atoms with Crippen LogP contribution in [0.3, 0.4) is 0 Å². The maximum absolute atomic E-state index is 13.4. The molecule has 0 saturated carbocycles. The van der Waals surface area contributed by atoms with Crippen LogP contribution in [0.4, 0.5) is 10.1 Å². The van der Waals surface area contributed by atoms with Gasteiger partial charge in [0.15, 0.2) is 0 Å². The molecule has 1 unspecified atom stereocenters. The highest BCUT2D eigenvalue weighted by Gasteiger charge is 2.11. The molecule has 0 saturated heterocycles. The smallest absolute Gasteiger partial charge is 0.123 e. The Morgan fingerprint density at radius 2 is 1.76 bits per heavy atom. The Labute approximate surface area is 103 Å². The van der Waals surface area contributed by atoms with Crippen LogP contribution in [0.1, 0.15) is 31.9 Å². The summed E-state index contributed by atoms with van der Waals surface area (Å²) >= 11 is 0. The van der Waals surface area contributed by atoms with Gasteiger partial charge in [-0.15, -0.1) is 0 Å². The second-order valence-corrected chi connectivity index (χ2v) is 4.31. The average Bonchev–Trinajstić information content (AvgIpc) is 2.31. The summed E-state index contributed by atoms with van der Waals surface area (Å²) in [7, 11) is 1.68. The van der Waals surface area contributed by atoms with E-state index >= 15 is 0 Å². The van der Waals surface area contributed by atoms with Gasteiger partial charge < -0.3 is 10.1 Å². The third kappa shape index (κ3) is 3.70. The van der Waals surface area contributed by atoms with Crippen molar-refractivity contribution in [3.63, 3.8) is 0 Å². The van der Waals surface area contributed by atoms with E-state index in [0.29, 0.717) is 6.61 Å². The summed E-state index contributed by atoms with van der Waals surface area (Å²) in [6.07, 6.45) is 1.65. The van der Waals surface area contributed by atoms with Crippen molar-refractivity contribution in [2.45, 2.75) is 39.7 Å². The van der Waals surface area contributed by atoms with E-state index in [4.69, 9.17) is 4.74 Å². The number of halogens is 1. The highest BCUT2D eigenvalue weighted by atomic mass is 19.1. The molecule has 0 aliphatic carbocycles. The SMILES string of the molecule is CCc1cc(F)cc(CC)c1NC(C)COC. The molecule has 1 aromatic rings. The quantitative estimate of drug-likeness (QED) is 0.821. The zero-order valence-corrected chi connectivity index (χ0v) is 11.1. The van der Waals surface area contributed by atoms with Gasteiger partial charge in [0.1, 0.15) is 5.82 Å². The molecular weight excluding hydrogens is 217 g/mol. The molecule has 0 aromatic heterocycles. The molecule has 0 amide bonds.